The van der Waals surface area contributed by atoms with E-state index in [0.717, 1.165) is 5.56 Å². The second-order valence-electron chi connectivity index (χ2n) is 4.34. The van der Waals surface area contributed by atoms with Gasteiger partial charge in [-0.1, -0.05) is 30.3 Å². The Morgan fingerprint density at radius 3 is 2.56 bits per heavy atom. The van der Waals surface area contributed by atoms with E-state index >= 15 is 0 Å². The molecule has 0 saturated heterocycles. The largest absolute Gasteiger partial charge is 0.480 e. The highest BCUT2D eigenvalue weighted by atomic mass is 32.2. The van der Waals surface area contributed by atoms with Crippen molar-refractivity contribution in [2.75, 3.05) is 0 Å². The average molecular weight is 265 g/mol. The third kappa shape index (κ3) is 4.02. The standard InChI is InChI=1S/C13H15NO3S/c1-13(2,11(12(16)17)14-9-15)18-8-10-6-4-3-5-7-10/h3-7,11H,8H2,1-2H3,(H,16,17)/t11-/m1/s1. The zero-order chi connectivity index (χ0) is 13.6. The monoisotopic (exact) mass is 265 g/mol. The molecule has 0 bridgehead atoms. The Hall–Kier alpha value is -1.58. The maximum atomic E-state index is 11.1. The number of thioether (sulfide) groups is 1. The fourth-order valence-corrected chi connectivity index (χ4v) is 2.53. The molecule has 4 nitrogen and oxygen atoms in total. The molecule has 0 amide bonds. The topological polar surface area (TPSA) is 66.7 Å². The first-order chi connectivity index (χ1) is 8.47. The summed E-state index contributed by atoms with van der Waals surface area (Å²) in [6.45, 7) is 3.53. The molecular weight excluding hydrogens is 250 g/mol. The van der Waals surface area contributed by atoms with Gasteiger partial charge in [0.2, 0.25) is 6.08 Å². The number of benzene rings is 1. The molecule has 18 heavy (non-hydrogen) atoms. The summed E-state index contributed by atoms with van der Waals surface area (Å²) in [4.78, 5) is 24.7. The van der Waals surface area contributed by atoms with Crippen LogP contribution in [0.3, 0.4) is 0 Å². The molecule has 0 aromatic heterocycles. The molecule has 1 rings (SSSR count). The first kappa shape index (κ1) is 14.5. The molecule has 0 radical (unpaired) electrons. The second kappa shape index (κ2) is 6.38. The van der Waals surface area contributed by atoms with E-state index in [1.165, 1.54) is 17.8 Å². The Balaban J connectivity index is 2.74. The fourth-order valence-electron chi connectivity index (χ4n) is 1.48. The van der Waals surface area contributed by atoms with Crippen LogP contribution in [0.1, 0.15) is 19.4 Å². The second-order valence-corrected chi connectivity index (χ2v) is 5.97. The van der Waals surface area contributed by atoms with E-state index < -0.39 is 16.8 Å². The zero-order valence-electron chi connectivity index (χ0n) is 10.3. The maximum absolute atomic E-state index is 11.1. The number of carboxylic acid groups (broad SMARTS) is 1. The third-order valence-electron chi connectivity index (χ3n) is 2.53. The van der Waals surface area contributed by atoms with Crippen molar-refractivity contribution >= 4 is 23.8 Å². The number of hydrogen-bond acceptors (Lipinski definition) is 4. The Bertz CT molecular complexity index is 451. The summed E-state index contributed by atoms with van der Waals surface area (Å²) in [5, 5.41) is 9.05. The summed E-state index contributed by atoms with van der Waals surface area (Å²) in [5.74, 6) is -0.435. The number of rotatable bonds is 6. The van der Waals surface area contributed by atoms with Gasteiger partial charge >= 0.3 is 5.97 Å². The van der Waals surface area contributed by atoms with Gasteiger partial charge in [-0.15, -0.1) is 11.8 Å². The predicted octanol–water partition coefficient (Wildman–Crippen LogP) is 2.49. The van der Waals surface area contributed by atoms with Gasteiger partial charge in [0.25, 0.3) is 0 Å². The highest BCUT2D eigenvalue weighted by molar-refractivity contribution is 7.99. The minimum absolute atomic E-state index is 0.668. The number of aliphatic carboxylic acids is 1. The molecular formula is C13H15NO3S. The van der Waals surface area contributed by atoms with Crippen molar-refractivity contribution in [2.24, 2.45) is 4.99 Å². The highest BCUT2D eigenvalue weighted by Gasteiger charge is 2.35. The molecule has 0 fully saturated rings. The predicted molar refractivity (Wildman–Crippen MR) is 71.4 cm³/mol. The molecule has 1 aromatic carbocycles. The minimum Gasteiger partial charge on any atom is -0.480 e. The summed E-state index contributed by atoms with van der Waals surface area (Å²) in [7, 11) is 0. The lowest BCUT2D eigenvalue weighted by atomic mass is 10.0. The first-order valence-corrected chi connectivity index (χ1v) is 6.43. The Labute approximate surface area is 110 Å². The normalized spacial score (nSPS) is 12.6. The zero-order valence-corrected chi connectivity index (χ0v) is 11.1. The van der Waals surface area contributed by atoms with Crippen molar-refractivity contribution in [2.45, 2.75) is 30.4 Å². The smallest absolute Gasteiger partial charge is 0.330 e. The summed E-state index contributed by atoms with van der Waals surface area (Å²) < 4.78 is -0.668. The molecule has 1 aromatic rings. The van der Waals surface area contributed by atoms with Crippen molar-refractivity contribution in [1.29, 1.82) is 0 Å². The van der Waals surface area contributed by atoms with Gasteiger partial charge in [0.15, 0.2) is 6.04 Å². The number of isocyanates is 1. The molecule has 0 heterocycles. The molecule has 0 aliphatic carbocycles. The van der Waals surface area contributed by atoms with E-state index in [4.69, 9.17) is 5.11 Å². The van der Waals surface area contributed by atoms with E-state index in [-0.39, 0.29) is 0 Å². The van der Waals surface area contributed by atoms with Crippen LogP contribution in [-0.4, -0.2) is 27.9 Å². The van der Waals surface area contributed by atoms with Crippen molar-refractivity contribution in [3.63, 3.8) is 0 Å². The number of aliphatic imine (C=N–C) groups is 1. The number of nitrogens with zero attached hydrogens (tertiary/aromatic N) is 1. The van der Waals surface area contributed by atoms with E-state index in [0.29, 0.717) is 5.75 Å². The number of hydrogen-bond donors (Lipinski definition) is 1. The lowest BCUT2D eigenvalue weighted by Crippen LogP contribution is -2.38. The molecule has 5 heteroatoms. The lowest BCUT2D eigenvalue weighted by Gasteiger charge is -2.27. The number of carboxylic acids is 1. The molecule has 1 N–H and O–H groups in total. The van der Waals surface area contributed by atoms with Gasteiger partial charge < -0.3 is 5.11 Å². The van der Waals surface area contributed by atoms with Crippen molar-refractivity contribution in [1.82, 2.24) is 0 Å². The summed E-state index contributed by atoms with van der Waals surface area (Å²) in [5.41, 5.74) is 1.11. The van der Waals surface area contributed by atoms with Gasteiger partial charge in [-0.25, -0.2) is 9.59 Å². The van der Waals surface area contributed by atoms with Crippen LogP contribution < -0.4 is 0 Å². The van der Waals surface area contributed by atoms with Crippen LogP contribution in [0.15, 0.2) is 35.3 Å². The Morgan fingerprint density at radius 1 is 1.44 bits per heavy atom. The van der Waals surface area contributed by atoms with E-state index in [9.17, 15) is 9.59 Å². The van der Waals surface area contributed by atoms with Crippen LogP contribution in [0.5, 0.6) is 0 Å². The molecule has 1 atom stereocenters. The summed E-state index contributed by atoms with van der Waals surface area (Å²) >= 11 is 1.45. The maximum Gasteiger partial charge on any atom is 0.330 e. The molecule has 0 unspecified atom stereocenters. The van der Waals surface area contributed by atoms with E-state index in [1.807, 2.05) is 30.3 Å². The van der Waals surface area contributed by atoms with Gasteiger partial charge in [-0.2, -0.15) is 4.99 Å². The molecule has 0 spiro atoms. The summed E-state index contributed by atoms with van der Waals surface area (Å²) in [6.07, 6.45) is 1.33. The molecule has 0 saturated carbocycles. The average Bonchev–Trinajstić information content (AvgIpc) is 2.34. The third-order valence-corrected chi connectivity index (χ3v) is 3.97. The minimum atomic E-state index is -1.11. The van der Waals surface area contributed by atoms with Gasteiger partial charge in [0, 0.05) is 10.5 Å². The van der Waals surface area contributed by atoms with E-state index in [2.05, 4.69) is 4.99 Å². The van der Waals surface area contributed by atoms with Crippen LogP contribution in [0, 0.1) is 0 Å². The SMILES string of the molecule is CC(C)(SCc1ccccc1)[C@H](N=C=O)C(=O)O. The van der Waals surface area contributed by atoms with Gasteiger partial charge in [0.05, 0.1) is 0 Å². The van der Waals surface area contributed by atoms with Crippen molar-refractivity contribution in [3.05, 3.63) is 35.9 Å². The van der Waals surface area contributed by atoms with Crippen molar-refractivity contribution < 1.29 is 14.7 Å². The van der Waals surface area contributed by atoms with Crippen molar-refractivity contribution in [3.8, 4) is 0 Å². The first-order valence-electron chi connectivity index (χ1n) is 5.45. The fraction of sp³-hybridized carbons (Fsp3) is 0.385. The Kier molecular flexibility index (Phi) is 5.13. The van der Waals surface area contributed by atoms with Crippen LogP contribution in [0.2, 0.25) is 0 Å². The highest BCUT2D eigenvalue weighted by Crippen LogP contribution is 2.32. The molecule has 96 valence electrons. The number of carbonyl (C=O) groups is 1. The van der Waals surface area contributed by atoms with Crippen LogP contribution in [0.4, 0.5) is 0 Å². The Morgan fingerprint density at radius 2 is 2.06 bits per heavy atom. The van der Waals surface area contributed by atoms with E-state index in [1.54, 1.807) is 13.8 Å². The lowest BCUT2D eigenvalue weighted by molar-refractivity contribution is -0.139. The van der Waals surface area contributed by atoms with Gasteiger partial charge in [-0.05, 0) is 19.4 Å². The quantitative estimate of drug-likeness (QED) is 0.634. The van der Waals surface area contributed by atoms with Gasteiger partial charge in [-0.3, -0.25) is 0 Å². The van der Waals surface area contributed by atoms with Crippen LogP contribution in [-0.2, 0) is 15.3 Å². The van der Waals surface area contributed by atoms with Crippen LogP contribution >= 0.6 is 11.8 Å². The number of carbonyl (C=O) groups excluding carboxylic acids is 1. The molecule has 0 aliphatic heterocycles. The van der Waals surface area contributed by atoms with Gasteiger partial charge in [0.1, 0.15) is 0 Å². The summed E-state index contributed by atoms with van der Waals surface area (Å²) in [6, 6.07) is 8.66. The van der Waals surface area contributed by atoms with Crippen LogP contribution in [0.25, 0.3) is 0 Å². The molecule has 0 aliphatic rings.